The number of likely N-dealkylation sites (tertiary alicyclic amines) is 2. The molecule has 2 aliphatic rings. The topological polar surface area (TPSA) is 32.5 Å². The van der Waals surface area contributed by atoms with Crippen LogP contribution >= 0.6 is 0 Å². The van der Waals surface area contributed by atoms with Gasteiger partial charge in [0.25, 0.3) is 0 Å². The fourth-order valence-corrected chi connectivity index (χ4v) is 4.46. The first kappa shape index (κ1) is 17.2. The van der Waals surface area contributed by atoms with E-state index in [4.69, 9.17) is 5.73 Å². The van der Waals surface area contributed by atoms with Crippen molar-refractivity contribution in [3.8, 4) is 0 Å². The normalized spacial score (nSPS) is 30.7. The molecule has 21 heavy (non-hydrogen) atoms. The number of nitrogens with two attached hydrogens (primary N) is 1. The minimum absolute atomic E-state index is 0.296. The molecule has 0 radical (unpaired) electrons. The van der Waals surface area contributed by atoms with Crippen LogP contribution < -0.4 is 5.73 Å². The van der Waals surface area contributed by atoms with Crippen molar-refractivity contribution in [2.24, 2.45) is 17.6 Å². The summed E-state index contributed by atoms with van der Waals surface area (Å²) in [6.07, 6.45) is 7.92. The van der Waals surface area contributed by atoms with Crippen LogP contribution in [0.4, 0.5) is 0 Å². The largest absolute Gasteiger partial charge is 0.329 e. The second-order valence-electron chi connectivity index (χ2n) is 7.69. The molecule has 0 aromatic rings. The average molecular weight is 296 g/mol. The summed E-state index contributed by atoms with van der Waals surface area (Å²) in [7, 11) is 0. The Morgan fingerprint density at radius 2 is 1.81 bits per heavy atom. The Bertz CT molecular complexity index is 297. The van der Waals surface area contributed by atoms with Crippen molar-refractivity contribution in [2.75, 3.05) is 39.3 Å². The van der Waals surface area contributed by atoms with Gasteiger partial charge in [0, 0.05) is 12.1 Å². The maximum absolute atomic E-state index is 6.29. The Morgan fingerprint density at radius 3 is 2.38 bits per heavy atom. The minimum atomic E-state index is 0.296. The summed E-state index contributed by atoms with van der Waals surface area (Å²) in [5.41, 5.74) is 6.59. The molecule has 2 aliphatic heterocycles. The quantitative estimate of drug-likeness (QED) is 0.846. The van der Waals surface area contributed by atoms with Crippen molar-refractivity contribution in [3.63, 3.8) is 0 Å². The highest BCUT2D eigenvalue weighted by molar-refractivity contribution is 4.96. The second-order valence-corrected chi connectivity index (χ2v) is 7.69. The van der Waals surface area contributed by atoms with Crippen molar-refractivity contribution < 1.29 is 0 Å². The molecule has 2 heterocycles. The predicted molar refractivity (Wildman–Crippen MR) is 91.5 cm³/mol. The van der Waals surface area contributed by atoms with Gasteiger partial charge >= 0.3 is 0 Å². The van der Waals surface area contributed by atoms with Crippen LogP contribution in [0, 0.1) is 11.8 Å². The van der Waals surface area contributed by atoms with Crippen molar-refractivity contribution in [2.45, 2.75) is 64.8 Å². The van der Waals surface area contributed by atoms with E-state index in [1.165, 1.54) is 71.2 Å². The van der Waals surface area contributed by atoms with Gasteiger partial charge in [-0.3, -0.25) is 4.90 Å². The summed E-state index contributed by atoms with van der Waals surface area (Å²) in [6, 6.07) is 0. The lowest BCUT2D eigenvalue weighted by Crippen LogP contribution is -2.57. The molecule has 0 bridgehead atoms. The molecular weight excluding hydrogens is 258 g/mol. The molecule has 0 saturated carbocycles. The molecule has 0 spiro atoms. The standard InChI is InChI=1S/C18H37N3/c1-4-10-20-11-5-8-18(15-19,9-14-20)21-12-6-17(7-13-21)16(2)3/h16-17H,4-15,19H2,1-3H3. The van der Waals surface area contributed by atoms with Crippen LogP contribution in [0.5, 0.6) is 0 Å². The van der Waals surface area contributed by atoms with Crippen molar-refractivity contribution >= 4 is 0 Å². The molecule has 2 saturated heterocycles. The maximum atomic E-state index is 6.29. The zero-order valence-corrected chi connectivity index (χ0v) is 14.6. The summed E-state index contributed by atoms with van der Waals surface area (Å²) in [5, 5.41) is 0. The third kappa shape index (κ3) is 4.20. The van der Waals surface area contributed by atoms with Crippen LogP contribution in [0.2, 0.25) is 0 Å². The first-order chi connectivity index (χ1) is 10.1. The van der Waals surface area contributed by atoms with Crippen LogP contribution in [-0.2, 0) is 0 Å². The van der Waals surface area contributed by atoms with Crippen LogP contribution in [0.15, 0.2) is 0 Å². The van der Waals surface area contributed by atoms with Crippen LogP contribution in [0.25, 0.3) is 0 Å². The lowest BCUT2D eigenvalue weighted by molar-refractivity contribution is 0.0351. The van der Waals surface area contributed by atoms with Gasteiger partial charge in [0.15, 0.2) is 0 Å². The Hall–Kier alpha value is -0.120. The van der Waals surface area contributed by atoms with E-state index in [1.54, 1.807) is 0 Å². The SMILES string of the molecule is CCCN1CCCC(CN)(N2CCC(C(C)C)CC2)CC1. The van der Waals surface area contributed by atoms with Crippen molar-refractivity contribution in [3.05, 3.63) is 0 Å². The third-order valence-corrected chi connectivity index (χ3v) is 6.08. The molecular formula is C18H37N3. The summed E-state index contributed by atoms with van der Waals surface area (Å²) in [6.45, 7) is 14.2. The maximum Gasteiger partial charge on any atom is 0.0344 e. The second kappa shape index (κ2) is 7.94. The van der Waals surface area contributed by atoms with Gasteiger partial charge in [-0.2, -0.15) is 0 Å². The lowest BCUT2D eigenvalue weighted by atomic mass is 9.82. The Labute approximate surface area is 132 Å². The van der Waals surface area contributed by atoms with Gasteiger partial charge in [0.1, 0.15) is 0 Å². The fourth-order valence-electron chi connectivity index (χ4n) is 4.46. The summed E-state index contributed by atoms with van der Waals surface area (Å²) in [4.78, 5) is 5.42. The van der Waals surface area contributed by atoms with Gasteiger partial charge in [-0.25, -0.2) is 0 Å². The first-order valence-electron chi connectivity index (χ1n) is 9.29. The number of piperidine rings is 1. The molecule has 1 atom stereocenters. The Morgan fingerprint density at radius 1 is 1.10 bits per heavy atom. The highest BCUT2D eigenvalue weighted by atomic mass is 15.2. The van der Waals surface area contributed by atoms with E-state index in [2.05, 4.69) is 30.6 Å². The van der Waals surface area contributed by atoms with Crippen molar-refractivity contribution in [1.29, 1.82) is 0 Å². The molecule has 0 aliphatic carbocycles. The zero-order valence-electron chi connectivity index (χ0n) is 14.6. The van der Waals surface area contributed by atoms with E-state index in [1.807, 2.05) is 0 Å². The first-order valence-corrected chi connectivity index (χ1v) is 9.29. The molecule has 2 rings (SSSR count). The smallest absolute Gasteiger partial charge is 0.0344 e. The molecule has 0 aromatic carbocycles. The summed E-state index contributed by atoms with van der Waals surface area (Å²) in [5.74, 6) is 1.77. The molecule has 1 unspecified atom stereocenters. The highest BCUT2D eigenvalue weighted by Crippen LogP contribution is 2.34. The van der Waals surface area contributed by atoms with E-state index in [9.17, 15) is 0 Å². The monoisotopic (exact) mass is 295 g/mol. The lowest BCUT2D eigenvalue weighted by Gasteiger charge is -2.47. The van der Waals surface area contributed by atoms with E-state index < -0.39 is 0 Å². The summed E-state index contributed by atoms with van der Waals surface area (Å²) >= 11 is 0. The zero-order chi connectivity index (χ0) is 15.3. The van der Waals surface area contributed by atoms with Gasteiger partial charge in [-0.05, 0) is 83.1 Å². The average Bonchev–Trinajstić information content (AvgIpc) is 2.71. The number of hydrogen-bond donors (Lipinski definition) is 1. The number of rotatable bonds is 5. The fraction of sp³-hybridized carbons (Fsp3) is 1.00. The Balaban J connectivity index is 1.95. The molecule has 2 fully saturated rings. The summed E-state index contributed by atoms with van der Waals surface area (Å²) < 4.78 is 0. The Kier molecular flexibility index (Phi) is 6.51. The highest BCUT2D eigenvalue weighted by Gasteiger charge is 2.38. The van der Waals surface area contributed by atoms with Gasteiger partial charge in [-0.1, -0.05) is 20.8 Å². The molecule has 124 valence electrons. The molecule has 2 N–H and O–H groups in total. The van der Waals surface area contributed by atoms with Crippen LogP contribution in [-0.4, -0.2) is 54.6 Å². The van der Waals surface area contributed by atoms with E-state index >= 15 is 0 Å². The van der Waals surface area contributed by atoms with Gasteiger partial charge in [0.05, 0.1) is 0 Å². The van der Waals surface area contributed by atoms with E-state index in [-0.39, 0.29) is 0 Å². The van der Waals surface area contributed by atoms with Crippen LogP contribution in [0.1, 0.15) is 59.3 Å². The molecule has 0 aromatic heterocycles. The van der Waals surface area contributed by atoms with Crippen LogP contribution in [0.3, 0.4) is 0 Å². The molecule has 0 amide bonds. The third-order valence-electron chi connectivity index (χ3n) is 6.08. The van der Waals surface area contributed by atoms with Gasteiger partial charge < -0.3 is 10.6 Å². The predicted octanol–water partition coefficient (Wildman–Crippen LogP) is 2.95. The number of nitrogens with zero attached hydrogens (tertiary/aromatic N) is 2. The van der Waals surface area contributed by atoms with Gasteiger partial charge in [0.2, 0.25) is 0 Å². The molecule has 3 heteroatoms. The van der Waals surface area contributed by atoms with E-state index in [0.717, 1.165) is 18.4 Å². The minimum Gasteiger partial charge on any atom is -0.329 e. The van der Waals surface area contributed by atoms with Crippen molar-refractivity contribution in [1.82, 2.24) is 9.80 Å². The molecule has 3 nitrogen and oxygen atoms in total. The van der Waals surface area contributed by atoms with Gasteiger partial charge in [-0.15, -0.1) is 0 Å². The number of hydrogen-bond acceptors (Lipinski definition) is 3. The van der Waals surface area contributed by atoms with E-state index in [0.29, 0.717) is 5.54 Å².